The highest BCUT2D eigenvalue weighted by Gasteiger charge is 2.31. The van der Waals surface area contributed by atoms with Gasteiger partial charge < -0.3 is 32.5 Å². The van der Waals surface area contributed by atoms with Crippen molar-refractivity contribution in [3.8, 4) is 0 Å². The minimum atomic E-state index is -1.45. The number of benzene rings is 1. The molecule has 188 valence electrons. The Bertz CT molecular complexity index is 867. The van der Waals surface area contributed by atoms with Gasteiger partial charge in [-0.05, 0) is 17.9 Å². The van der Waals surface area contributed by atoms with Gasteiger partial charge in [-0.2, -0.15) is 12.6 Å². The number of rotatable bonds is 14. The van der Waals surface area contributed by atoms with Crippen molar-refractivity contribution in [2.75, 3.05) is 5.75 Å². The fourth-order valence-corrected chi connectivity index (χ4v) is 3.34. The Hall–Kier alpha value is -3.12. The summed E-state index contributed by atoms with van der Waals surface area (Å²) in [5, 5.41) is 16.3. The van der Waals surface area contributed by atoms with Gasteiger partial charge in [-0.15, -0.1) is 0 Å². The predicted octanol–water partition coefficient (Wildman–Crippen LogP) is -1.05. The van der Waals surface area contributed by atoms with Crippen LogP contribution in [0.2, 0.25) is 0 Å². The van der Waals surface area contributed by atoms with E-state index in [1.165, 1.54) is 0 Å². The van der Waals surface area contributed by atoms with Gasteiger partial charge in [-0.3, -0.25) is 19.2 Å². The Morgan fingerprint density at radius 1 is 0.912 bits per heavy atom. The first-order valence-electron chi connectivity index (χ1n) is 10.8. The fourth-order valence-electron chi connectivity index (χ4n) is 3.09. The van der Waals surface area contributed by atoms with Crippen molar-refractivity contribution in [3.63, 3.8) is 0 Å². The predicted molar refractivity (Wildman–Crippen MR) is 129 cm³/mol. The molecule has 0 aromatic heterocycles. The monoisotopic (exact) mass is 495 g/mol. The Labute approximate surface area is 203 Å². The fraction of sp³-hybridized carbons (Fsp3) is 0.500. The van der Waals surface area contributed by atoms with Crippen LogP contribution in [-0.2, 0) is 30.4 Å². The van der Waals surface area contributed by atoms with Crippen LogP contribution in [-0.4, -0.2) is 64.6 Å². The molecular formula is C22H33N5O6S. The van der Waals surface area contributed by atoms with Crippen LogP contribution in [0.1, 0.15) is 32.3 Å². The summed E-state index contributed by atoms with van der Waals surface area (Å²) < 4.78 is 0. The first-order valence-corrected chi connectivity index (χ1v) is 11.4. The van der Waals surface area contributed by atoms with E-state index in [2.05, 4.69) is 28.6 Å². The molecule has 0 saturated heterocycles. The normalized spacial score (nSPS) is 14.4. The number of carboxylic acid groups (broad SMARTS) is 1. The minimum absolute atomic E-state index is 0.0894. The van der Waals surface area contributed by atoms with Crippen molar-refractivity contribution in [1.82, 2.24) is 16.0 Å². The summed E-state index contributed by atoms with van der Waals surface area (Å²) in [7, 11) is 0. The molecule has 0 aliphatic rings. The topological polar surface area (TPSA) is 194 Å². The smallest absolute Gasteiger partial charge is 0.327 e. The molecule has 0 fully saturated rings. The maximum absolute atomic E-state index is 13.1. The molecule has 0 heterocycles. The number of nitrogens with one attached hydrogen (secondary N) is 3. The van der Waals surface area contributed by atoms with Gasteiger partial charge in [-0.1, -0.05) is 44.2 Å². The zero-order valence-electron chi connectivity index (χ0n) is 19.2. The van der Waals surface area contributed by atoms with E-state index in [1.54, 1.807) is 30.3 Å². The van der Waals surface area contributed by atoms with Gasteiger partial charge in [0.15, 0.2) is 0 Å². The number of aliphatic carboxylic acids is 1. The zero-order valence-corrected chi connectivity index (χ0v) is 20.1. The molecule has 1 aromatic carbocycles. The van der Waals surface area contributed by atoms with Gasteiger partial charge in [-0.25, -0.2) is 4.79 Å². The van der Waals surface area contributed by atoms with Crippen LogP contribution < -0.4 is 27.4 Å². The van der Waals surface area contributed by atoms with E-state index in [0.717, 1.165) is 5.56 Å². The maximum Gasteiger partial charge on any atom is 0.327 e. The van der Waals surface area contributed by atoms with Crippen molar-refractivity contribution < 1.29 is 29.1 Å². The van der Waals surface area contributed by atoms with Crippen LogP contribution in [0.4, 0.5) is 0 Å². The van der Waals surface area contributed by atoms with Gasteiger partial charge >= 0.3 is 5.97 Å². The van der Waals surface area contributed by atoms with Gasteiger partial charge in [0, 0.05) is 12.2 Å². The molecular weight excluding hydrogens is 462 g/mol. The van der Waals surface area contributed by atoms with Gasteiger partial charge in [0.25, 0.3) is 0 Å². The van der Waals surface area contributed by atoms with E-state index >= 15 is 0 Å². The summed E-state index contributed by atoms with van der Waals surface area (Å²) >= 11 is 3.87. The number of thiol groups is 1. The summed E-state index contributed by atoms with van der Waals surface area (Å²) in [5.74, 6) is -4.50. The third-order valence-corrected chi connectivity index (χ3v) is 5.18. The number of primary amides is 1. The third-order valence-electron chi connectivity index (χ3n) is 4.81. The Balaban J connectivity index is 3.08. The van der Waals surface area contributed by atoms with E-state index in [1.807, 2.05) is 13.8 Å². The highest BCUT2D eigenvalue weighted by Crippen LogP contribution is 2.07. The van der Waals surface area contributed by atoms with Crippen LogP contribution in [0.5, 0.6) is 0 Å². The molecule has 0 bridgehead atoms. The molecule has 4 atom stereocenters. The first kappa shape index (κ1) is 28.9. The van der Waals surface area contributed by atoms with E-state index < -0.39 is 60.2 Å². The molecule has 0 aliphatic carbocycles. The molecule has 12 heteroatoms. The van der Waals surface area contributed by atoms with E-state index in [-0.39, 0.29) is 18.1 Å². The van der Waals surface area contributed by atoms with Crippen LogP contribution in [0.25, 0.3) is 0 Å². The van der Waals surface area contributed by atoms with Gasteiger partial charge in [0.1, 0.15) is 18.1 Å². The van der Waals surface area contributed by atoms with Crippen molar-refractivity contribution in [3.05, 3.63) is 35.9 Å². The van der Waals surface area contributed by atoms with Crippen LogP contribution in [0, 0.1) is 5.92 Å². The number of nitrogens with two attached hydrogens (primary N) is 2. The summed E-state index contributed by atoms with van der Waals surface area (Å²) in [6.07, 6.45) is -0.0833. The van der Waals surface area contributed by atoms with E-state index in [0.29, 0.717) is 6.42 Å². The highest BCUT2D eigenvalue weighted by atomic mass is 32.1. The zero-order chi connectivity index (χ0) is 25.8. The summed E-state index contributed by atoms with van der Waals surface area (Å²) in [4.78, 5) is 61.0. The number of carbonyl (C=O) groups is 5. The van der Waals surface area contributed by atoms with Crippen LogP contribution >= 0.6 is 12.6 Å². The first-order chi connectivity index (χ1) is 15.9. The molecule has 1 rings (SSSR count). The lowest BCUT2D eigenvalue weighted by Gasteiger charge is -2.25. The molecule has 1 aromatic rings. The molecule has 0 aliphatic heterocycles. The molecule has 0 spiro atoms. The Morgan fingerprint density at radius 2 is 1.44 bits per heavy atom. The van der Waals surface area contributed by atoms with Crippen LogP contribution in [0.15, 0.2) is 30.3 Å². The molecule has 0 saturated carbocycles. The van der Waals surface area contributed by atoms with Crippen molar-refractivity contribution in [1.29, 1.82) is 0 Å². The Kier molecular flexibility index (Phi) is 12.1. The van der Waals surface area contributed by atoms with Crippen molar-refractivity contribution >= 4 is 42.2 Å². The lowest BCUT2D eigenvalue weighted by atomic mass is 10.0. The number of hydrogen-bond donors (Lipinski definition) is 7. The number of amides is 4. The molecule has 4 amide bonds. The van der Waals surface area contributed by atoms with E-state index in [4.69, 9.17) is 16.6 Å². The minimum Gasteiger partial charge on any atom is -0.480 e. The second-order valence-corrected chi connectivity index (χ2v) is 8.67. The second-order valence-electron chi connectivity index (χ2n) is 8.30. The number of carboxylic acids is 1. The molecule has 8 N–H and O–H groups in total. The number of carbonyl (C=O) groups excluding carboxylic acids is 4. The van der Waals surface area contributed by atoms with Crippen molar-refractivity contribution in [2.24, 2.45) is 17.4 Å². The average molecular weight is 496 g/mol. The van der Waals surface area contributed by atoms with Gasteiger partial charge in [0.2, 0.25) is 23.6 Å². The SMILES string of the molecule is CC(C)CC(N)C(=O)NC(Cc1ccccc1)C(=O)NC(CC(N)=O)C(=O)NC(CS)C(=O)O. The van der Waals surface area contributed by atoms with Crippen molar-refractivity contribution in [2.45, 2.75) is 57.3 Å². The van der Waals surface area contributed by atoms with Crippen LogP contribution in [0.3, 0.4) is 0 Å². The number of hydrogen-bond acceptors (Lipinski definition) is 7. The summed E-state index contributed by atoms with van der Waals surface area (Å²) in [6.45, 7) is 3.81. The average Bonchev–Trinajstić information content (AvgIpc) is 2.75. The third kappa shape index (κ3) is 10.2. The highest BCUT2D eigenvalue weighted by molar-refractivity contribution is 7.80. The maximum atomic E-state index is 13.1. The lowest BCUT2D eigenvalue weighted by molar-refractivity contribution is -0.141. The summed E-state index contributed by atoms with van der Waals surface area (Å²) in [6, 6.07) is 4.11. The molecule has 34 heavy (non-hydrogen) atoms. The van der Waals surface area contributed by atoms with Gasteiger partial charge in [0.05, 0.1) is 12.5 Å². The standard InChI is InChI=1S/C22H33N5O6S/c1-12(2)8-14(23)19(29)25-15(9-13-6-4-3-5-7-13)20(30)26-16(10-18(24)28)21(31)27-17(11-34)22(32)33/h3-7,12,14-17,34H,8-11,23H2,1-2H3,(H2,24,28)(H,25,29)(H,26,30)(H,27,31)(H,32,33). The largest absolute Gasteiger partial charge is 0.480 e. The summed E-state index contributed by atoms with van der Waals surface area (Å²) in [5.41, 5.74) is 11.9. The quantitative estimate of drug-likeness (QED) is 0.160. The lowest BCUT2D eigenvalue weighted by Crippen LogP contribution is -2.58. The molecule has 4 unspecified atom stereocenters. The second kappa shape index (κ2) is 14.2. The molecule has 11 nitrogen and oxygen atoms in total. The molecule has 0 radical (unpaired) electrons. The van der Waals surface area contributed by atoms with E-state index in [9.17, 15) is 24.0 Å². The Morgan fingerprint density at radius 3 is 1.94 bits per heavy atom.